The lowest BCUT2D eigenvalue weighted by molar-refractivity contribution is 0.299. The lowest BCUT2D eigenvalue weighted by Gasteiger charge is -2.04. The van der Waals surface area contributed by atoms with Crippen LogP contribution in [-0.2, 0) is 13.0 Å². The van der Waals surface area contributed by atoms with Crippen molar-refractivity contribution in [2.45, 2.75) is 19.9 Å². The molecule has 0 saturated heterocycles. The van der Waals surface area contributed by atoms with Gasteiger partial charge in [0.2, 0.25) is 0 Å². The van der Waals surface area contributed by atoms with Gasteiger partial charge < -0.3 is 9.67 Å². The van der Waals surface area contributed by atoms with Crippen molar-refractivity contribution in [2.75, 3.05) is 6.61 Å². The minimum atomic E-state index is 0.197. The van der Waals surface area contributed by atoms with Crippen molar-refractivity contribution in [3.05, 3.63) is 48.2 Å². The van der Waals surface area contributed by atoms with Crippen LogP contribution >= 0.6 is 0 Å². The highest BCUT2D eigenvalue weighted by Crippen LogP contribution is 2.26. The van der Waals surface area contributed by atoms with Crippen molar-refractivity contribution in [3.8, 4) is 0 Å². The number of aliphatic hydroxyl groups excluding tert-OH is 1. The number of rotatable bonds is 4. The normalized spacial score (nSPS) is 10.9. The van der Waals surface area contributed by atoms with Gasteiger partial charge in [0.25, 0.3) is 0 Å². The largest absolute Gasteiger partial charge is 0.396 e. The minimum Gasteiger partial charge on any atom is -0.396 e. The van der Waals surface area contributed by atoms with Crippen LogP contribution in [0.1, 0.15) is 11.3 Å². The number of nitrogens with zero attached hydrogens (tertiary/aromatic N) is 1. The zero-order chi connectivity index (χ0) is 11.5. The number of hydrogen-bond acceptors (Lipinski definition) is 1. The SMILES string of the molecule is C=CCn1c(C)c(CCO)c2ccccc21. The van der Waals surface area contributed by atoms with Gasteiger partial charge in [-0.3, -0.25) is 0 Å². The molecule has 1 heterocycles. The van der Waals surface area contributed by atoms with Gasteiger partial charge in [-0.2, -0.15) is 0 Å². The van der Waals surface area contributed by atoms with Crippen LogP contribution in [0, 0.1) is 6.92 Å². The zero-order valence-electron chi connectivity index (χ0n) is 9.61. The summed E-state index contributed by atoms with van der Waals surface area (Å²) in [6.45, 7) is 6.91. The van der Waals surface area contributed by atoms with Crippen LogP contribution in [0.3, 0.4) is 0 Å². The van der Waals surface area contributed by atoms with Gasteiger partial charge in [0.05, 0.1) is 0 Å². The Morgan fingerprint density at radius 3 is 2.81 bits per heavy atom. The molecule has 0 spiro atoms. The molecule has 2 rings (SSSR count). The van der Waals surface area contributed by atoms with Gasteiger partial charge in [-0.25, -0.2) is 0 Å². The van der Waals surface area contributed by atoms with Crippen LogP contribution in [0.5, 0.6) is 0 Å². The zero-order valence-corrected chi connectivity index (χ0v) is 9.61. The van der Waals surface area contributed by atoms with E-state index in [0.29, 0.717) is 0 Å². The van der Waals surface area contributed by atoms with Crippen molar-refractivity contribution in [2.24, 2.45) is 0 Å². The number of fused-ring (bicyclic) bond motifs is 1. The predicted molar refractivity (Wildman–Crippen MR) is 67.7 cm³/mol. The van der Waals surface area contributed by atoms with E-state index in [-0.39, 0.29) is 6.61 Å². The number of hydrogen-bond donors (Lipinski definition) is 1. The summed E-state index contributed by atoms with van der Waals surface area (Å²) >= 11 is 0. The molecule has 16 heavy (non-hydrogen) atoms. The lowest BCUT2D eigenvalue weighted by Crippen LogP contribution is -1.99. The average molecular weight is 215 g/mol. The molecule has 2 nitrogen and oxygen atoms in total. The highest BCUT2D eigenvalue weighted by molar-refractivity contribution is 5.85. The Morgan fingerprint density at radius 2 is 2.12 bits per heavy atom. The van der Waals surface area contributed by atoms with Crippen molar-refractivity contribution >= 4 is 10.9 Å². The second-order valence-corrected chi connectivity index (χ2v) is 3.95. The smallest absolute Gasteiger partial charge is 0.0488 e. The maximum atomic E-state index is 9.11. The van der Waals surface area contributed by atoms with Gasteiger partial charge in [0.15, 0.2) is 0 Å². The van der Waals surface area contributed by atoms with Crippen LogP contribution in [0.4, 0.5) is 0 Å². The summed E-state index contributed by atoms with van der Waals surface area (Å²) in [5.41, 5.74) is 3.71. The van der Waals surface area contributed by atoms with E-state index in [4.69, 9.17) is 5.11 Å². The molecule has 0 atom stereocenters. The van der Waals surface area contributed by atoms with Gasteiger partial charge in [-0.1, -0.05) is 24.3 Å². The number of para-hydroxylation sites is 1. The van der Waals surface area contributed by atoms with E-state index in [1.54, 1.807) is 0 Å². The first-order valence-corrected chi connectivity index (χ1v) is 5.58. The molecule has 0 aliphatic heterocycles. The first kappa shape index (κ1) is 11.0. The van der Waals surface area contributed by atoms with E-state index in [9.17, 15) is 0 Å². The molecule has 0 amide bonds. The molecule has 2 heteroatoms. The Hall–Kier alpha value is -1.54. The summed E-state index contributed by atoms with van der Waals surface area (Å²) in [6, 6.07) is 8.32. The van der Waals surface area contributed by atoms with E-state index < -0.39 is 0 Å². The van der Waals surface area contributed by atoms with E-state index >= 15 is 0 Å². The Balaban J connectivity index is 2.69. The fraction of sp³-hybridized carbons (Fsp3) is 0.286. The Bertz CT molecular complexity index is 511. The van der Waals surface area contributed by atoms with Gasteiger partial charge >= 0.3 is 0 Å². The minimum absolute atomic E-state index is 0.197. The molecule has 0 fully saturated rings. The van der Waals surface area contributed by atoms with Gasteiger partial charge in [-0.05, 0) is 25.0 Å². The van der Waals surface area contributed by atoms with Crippen LogP contribution < -0.4 is 0 Å². The summed E-state index contributed by atoms with van der Waals surface area (Å²) in [4.78, 5) is 0. The van der Waals surface area contributed by atoms with Crippen LogP contribution in [0.2, 0.25) is 0 Å². The number of benzene rings is 1. The molecule has 0 aliphatic carbocycles. The maximum Gasteiger partial charge on any atom is 0.0488 e. The van der Waals surface area contributed by atoms with E-state index in [2.05, 4.69) is 30.2 Å². The second kappa shape index (κ2) is 4.54. The van der Waals surface area contributed by atoms with E-state index in [1.807, 2.05) is 18.2 Å². The quantitative estimate of drug-likeness (QED) is 0.779. The lowest BCUT2D eigenvalue weighted by atomic mass is 10.1. The van der Waals surface area contributed by atoms with Gasteiger partial charge in [-0.15, -0.1) is 6.58 Å². The molecule has 1 N–H and O–H groups in total. The fourth-order valence-electron chi connectivity index (χ4n) is 2.29. The average Bonchev–Trinajstić information content (AvgIpc) is 2.56. The third-order valence-electron chi connectivity index (χ3n) is 3.04. The first-order valence-electron chi connectivity index (χ1n) is 5.58. The Kier molecular flexibility index (Phi) is 3.11. The Morgan fingerprint density at radius 1 is 1.38 bits per heavy atom. The third-order valence-corrected chi connectivity index (χ3v) is 3.04. The fourth-order valence-corrected chi connectivity index (χ4v) is 2.29. The van der Waals surface area contributed by atoms with Crippen molar-refractivity contribution < 1.29 is 5.11 Å². The molecule has 0 bridgehead atoms. The number of aromatic nitrogens is 1. The molecule has 0 radical (unpaired) electrons. The van der Waals surface area contributed by atoms with Gasteiger partial charge in [0.1, 0.15) is 0 Å². The summed E-state index contributed by atoms with van der Waals surface area (Å²) in [6.07, 6.45) is 2.62. The monoisotopic (exact) mass is 215 g/mol. The maximum absolute atomic E-state index is 9.11. The second-order valence-electron chi connectivity index (χ2n) is 3.95. The highest BCUT2D eigenvalue weighted by Gasteiger charge is 2.11. The van der Waals surface area contributed by atoms with E-state index in [0.717, 1.165) is 13.0 Å². The third kappa shape index (κ3) is 1.65. The highest BCUT2D eigenvalue weighted by atomic mass is 16.2. The molecule has 2 aromatic rings. The van der Waals surface area contributed by atoms with Crippen molar-refractivity contribution in [1.82, 2.24) is 4.57 Å². The topological polar surface area (TPSA) is 25.2 Å². The molecule has 0 aliphatic rings. The number of allylic oxidation sites excluding steroid dienone is 1. The number of aliphatic hydroxyl groups is 1. The standard InChI is InChI=1S/C14H17NO/c1-3-9-15-11(2)12(8-10-16)13-6-4-5-7-14(13)15/h3-7,16H,1,8-10H2,2H3. The van der Waals surface area contributed by atoms with Crippen molar-refractivity contribution in [3.63, 3.8) is 0 Å². The van der Waals surface area contributed by atoms with Crippen LogP contribution in [0.15, 0.2) is 36.9 Å². The molecule has 84 valence electrons. The predicted octanol–water partition coefficient (Wildman–Crippen LogP) is 2.67. The molecule has 0 saturated carbocycles. The summed E-state index contributed by atoms with van der Waals surface area (Å²) in [7, 11) is 0. The summed E-state index contributed by atoms with van der Waals surface area (Å²) < 4.78 is 2.24. The van der Waals surface area contributed by atoms with Crippen LogP contribution in [-0.4, -0.2) is 16.3 Å². The summed E-state index contributed by atoms with van der Waals surface area (Å²) in [5, 5.41) is 10.4. The molecular weight excluding hydrogens is 198 g/mol. The first-order chi connectivity index (χ1) is 7.79. The van der Waals surface area contributed by atoms with E-state index in [1.165, 1.54) is 22.2 Å². The molecule has 1 aromatic carbocycles. The van der Waals surface area contributed by atoms with Gasteiger partial charge in [0, 0.05) is 29.7 Å². The summed E-state index contributed by atoms with van der Waals surface area (Å²) in [5.74, 6) is 0. The molecule has 1 aromatic heterocycles. The van der Waals surface area contributed by atoms with Crippen molar-refractivity contribution in [1.29, 1.82) is 0 Å². The van der Waals surface area contributed by atoms with Crippen LogP contribution in [0.25, 0.3) is 10.9 Å². The molecular formula is C14H17NO. The molecule has 0 unspecified atom stereocenters. The Labute approximate surface area is 95.8 Å².